The Kier molecular flexibility index (Phi) is 4.73. The number of hydrogen-bond acceptors (Lipinski definition) is 5. The quantitative estimate of drug-likeness (QED) is 0.789. The van der Waals surface area contributed by atoms with Crippen LogP contribution in [-0.4, -0.2) is 56.6 Å². The van der Waals surface area contributed by atoms with Gasteiger partial charge in [-0.1, -0.05) is 20.8 Å². The molecule has 2 heterocycles. The molecule has 2 unspecified atom stereocenters. The Labute approximate surface area is 156 Å². The molecule has 7 heteroatoms. The summed E-state index contributed by atoms with van der Waals surface area (Å²) in [5.41, 5.74) is 1.19. The van der Waals surface area contributed by atoms with Gasteiger partial charge in [-0.2, -0.15) is 0 Å². The monoisotopic (exact) mass is 378 g/mol. The number of aromatic hydroxyl groups is 1. The minimum atomic E-state index is -1.87. The number of rotatable bonds is 3. The van der Waals surface area contributed by atoms with Gasteiger partial charge in [-0.05, 0) is 30.6 Å². The molecule has 0 aliphatic carbocycles. The second-order valence-corrected chi connectivity index (χ2v) is 13.6. The van der Waals surface area contributed by atoms with Crippen LogP contribution in [0.25, 0.3) is 0 Å². The normalized spacial score (nSPS) is 23.2. The fourth-order valence-corrected chi connectivity index (χ4v) is 4.79. The Morgan fingerprint density at radius 3 is 2.62 bits per heavy atom. The van der Waals surface area contributed by atoms with Crippen LogP contribution in [0.15, 0.2) is 12.1 Å². The number of carbonyl (C=O) groups is 1. The van der Waals surface area contributed by atoms with Crippen molar-refractivity contribution in [3.63, 3.8) is 0 Å². The van der Waals surface area contributed by atoms with Crippen molar-refractivity contribution in [3.05, 3.63) is 17.7 Å². The van der Waals surface area contributed by atoms with E-state index in [9.17, 15) is 9.90 Å². The molecule has 1 aromatic carbocycles. The number of phenols is 1. The highest BCUT2D eigenvalue weighted by atomic mass is 28.4. The zero-order valence-corrected chi connectivity index (χ0v) is 17.5. The first kappa shape index (κ1) is 19.0. The highest BCUT2D eigenvalue weighted by molar-refractivity contribution is 6.74. The summed E-state index contributed by atoms with van der Waals surface area (Å²) >= 11 is 0. The molecule has 6 nitrogen and oxygen atoms in total. The molecule has 26 heavy (non-hydrogen) atoms. The van der Waals surface area contributed by atoms with Gasteiger partial charge in [0, 0.05) is 19.2 Å². The van der Waals surface area contributed by atoms with E-state index < -0.39 is 8.32 Å². The minimum Gasteiger partial charge on any atom is -0.504 e. The maximum Gasteiger partial charge on any atom is 0.256 e. The highest BCUT2D eigenvalue weighted by Gasteiger charge is 2.44. The van der Waals surface area contributed by atoms with Crippen LogP contribution in [0.5, 0.6) is 11.5 Å². The molecule has 2 atom stereocenters. The van der Waals surface area contributed by atoms with Gasteiger partial charge in [0.15, 0.2) is 19.8 Å². The van der Waals surface area contributed by atoms with E-state index in [-0.39, 0.29) is 28.8 Å². The lowest BCUT2D eigenvalue weighted by molar-refractivity contribution is 0.0731. The average molecular weight is 379 g/mol. The van der Waals surface area contributed by atoms with Crippen LogP contribution in [0.3, 0.4) is 0 Å². The van der Waals surface area contributed by atoms with Crippen molar-refractivity contribution < 1.29 is 19.1 Å². The molecule has 2 aliphatic heterocycles. The van der Waals surface area contributed by atoms with Gasteiger partial charge in [0.05, 0.1) is 30.5 Å². The molecule has 2 aliphatic rings. The van der Waals surface area contributed by atoms with E-state index in [2.05, 4.69) is 39.2 Å². The van der Waals surface area contributed by atoms with Crippen LogP contribution in [0, 0.1) is 0 Å². The molecule has 0 radical (unpaired) electrons. The standard InChI is InChI=1S/C19H30N2O4Si/c1-19(2,3)26(5,6)25-13-7-12-10-20-15-9-16(22)17(24-4)8-14(15)18(23)21(12)11-13/h8-9,12-13,20,22H,7,10-11H2,1-6H3. The number of benzene rings is 1. The van der Waals surface area contributed by atoms with Crippen molar-refractivity contribution in [2.75, 3.05) is 25.5 Å². The Morgan fingerprint density at radius 2 is 2.00 bits per heavy atom. The summed E-state index contributed by atoms with van der Waals surface area (Å²) in [5.74, 6) is 0.313. The molecule has 1 fully saturated rings. The molecule has 1 saturated heterocycles. The van der Waals surface area contributed by atoms with E-state index in [0.717, 1.165) is 6.42 Å². The maximum atomic E-state index is 13.1. The zero-order chi connectivity index (χ0) is 19.3. The van der Waals surface area contributed by atoms with Gasteiger partial charge in [-0.25, -0.2) is 0 Å². The minimum absolute atomic E-state index is 0.0327. The van der Waals surface area contributed by atoms with Gasteiger partial charge in [-0.3, -0.25) is 4.79 Å². The lowest BCUT2D eigenvalue weighted by atomic mass is 10.1. The van der Waals surface area contributed by atoms with E-state index in [1.165, 1.54) is 7.11 Å². The van der Waals surface area contributed by atoms with Crippen LogP contribution in [0.1, 0.15) is 37.6 Å². The fourth-order valence-electron chi connectivity index (χ4n) is 3.43. The molecule has 0 bridgehead atoms. The van der Waals surface area contributed by atoms with Crippen LogP contribution in [0.4, 0.5) is 5.69 Å². The van der Waals surface area contributed by atoms with E-state index in [1.54, 1.807) is 12.1 Å². The molecule has 3 rings (SSSR count). The van der Waals surface area contributed by atoms with Crippen LogP contribution >= 0.6 is 0 Å². The van der Waals surface area contributed by atoms with Crippen LogP contribution in [0.2, 0.25) is 18.1 Å². The third-order valence-electron chi connectivity index (χ3n) is 5.98. The van der Waals surface area contributed by atoms with Crippen molar-refractivity contribution in [1.29, 1.82) is 0 Å². The Hall–Kier alpha value is -1.73. The molecule has 0 aromatic heterocycles. The molecule has 2 N–H and O–H groups in total. The topological polar surface area (TPSA) is 71.0 Å². The molecule has 1 amide bonds. The fraction of sp³-hybridized carbons (Fsp3) is 0.632. The number of amides is 1. The first-order valence-electron chi connectivity index (χ1n) is 9.17. The number of nitrogens with zero attached hydrogens (tertiary/aromatic N) is 1. The summed E-state index contributed by atoms with van der Waals surface area (Å²) in [6.07, 6.45) is 0.912. The van der Waals surface area contributed by atoms with E-state index >= 15 is 0 Å². The van der Waals surface area contributed by atoms with Crippen LogP contribution in [-0.2, 0) is 4.43 Å². The van der Waals surface area contributed by atoms with Gasteiger partial charge < -0.3 is 24.5 Å². The molecule has 1 aromatic rings. The summed E-state index contributed by atoms with van der Waals surface area (Å²) in [5, 5.41) is 13.4. The summed E-state index contributed by atoms with van der Waals surface area (Å²) in [7, 11) is -0.390. The maximum absolute atomic E-state index is 13.1. The van der Waals surface area contributed by atoms with E-state index in [4.69, 9.17) is 9.16 Å². The number of ether oxygens (including phenoxy) is 1. The summed E-state index contributed by atoms with van der Waals surface area (Å²) in [4.78, 5) is 15.0. The molecule has 0 spiro atoms. The second-order valence-electron chi connectivity index (χ2n) is 8.80. The van der Waals surface area contributed by atoms with E-state index in [1.807, 2.05) is 4.90 Å². The number of fused-ring (bicyclic) bond motifs is 2. The number of nitrogens with one attached hydrogen (secondary N) is 1. The van der Waals surface area contributed by atoms with Crippen molar-refractivity contribution in [2.24, 2.45) is 0 Å². The van der Waals surface area contributed by atoms with Crippen molar-refractivity contribution >= 4 is 19.9 Å². The van der Waals surface area contributed by atoms with E-state index in [0.29, 0.717) is 30.1 Å². The highest BCUT2D eigenvalue weighted by Crippen LogP contribution is 2.40. The summed E-state index contributed by atoms with van der Waals surface area (Å²) < 4.78 is 11.7. The van der Waals surface area contributed by atoms with Gasteiger partial charge in [0.2, 0.25) is 0 Å². The number of methoxy groups -OCH3 is 1. The van der Waals surface area contributed by atoms with Gasteiger partial charge in [0.1, 0.15) is 0 Å². The second kappa shape index (κ2) is 6.46. The van der Waals surface area contributed by atoms with Crippen molar-refractivity contribution in [3.8, 4) is 11.5 Å². The lowest BCUT2D eigenvalue weighted by Gasteiger charge is -2.38. The SMILES string of the molecule is COc1cc2c(cc1O)NCC1CC(O[Si](C)(C)C(C)(C)C)CN1C2=O. The summed E-state index contributed by atoms with van der Waals surface area (Å²) in [6.45, 7) is 12.5. The van der Waals surface area contributed by atoms with Crippen molar-refractivity contribution in [2.45, 2.75) is 57.5 Å². The molecular weight excluding hydrogens is 348 g/mol. The zero-order valence-electron chi connectivity index (χ0n) is 16.5. The first-order valence-corrected chi connectivity index (χ1v) is 12.1. The van der Waals surface area contributed by atoms with Crippen LogP contribution < -0.4 is 10.1 Å². The molecule has 144 valence electrons. The average Bonchev–Trinajstić information content (AvgIpc) is 2.88. The van der Waals surface area contributed by atoms with Gasteiger partial charge in [-0.15, -0.1) is 0 Å². The van der Waals surface area contributed by atoms with Crippen molar-refractivity contribution in [1.82, 2.24) is 4.90 Å². The number of phenolic OH excluding ortho intramolecular Hbond substituents is 1. The molecular formula is C19H30N2O4Si. The number of hydrogen-bond donors (Lipinski definition) is 2. The smallest absolute Gasteiger partial charge is 0.256 e. The Morgan fingerprint density at radius 1 is 1.31 bits per heavy atom. The third-order valence-corrected chi connectivity index (χ3v) is 10.5. The predicted octanol–water partition coefficient (Wildman–Crippen LogP) is 3.43. The van der Waals surface area contributed by atoms with Gasteiger partial charge >= 0.3 is 0 Å². The molecule has 0 saturated carbocycles. The summed E-state index contributed by atoms with van der Waals surface area (Å²) in [6, 6.07) is 3.28. The Balaban J connectivity index is 1.82. The van der Waals surface area contributed by atoms with Gasteiger partial charge in [0.25, 0.3) is 5.91 Å². The largest absolute Gasteiger partial charge is 0.504 e. The predicted molar refractivity (Wildman–Crippen MR) is 105 cm³/mol. The number of carbonyl (C=O) groups excluding carboxylic acids is 1. The Bertz CT molecular complexity index is 714. The lowest BCUT2D eigenvalue weighted by Crippen LogP contribution is -2.44. The first-order chi connectivity index (χ1) is 12.0. The number of anilines is 1. The third kappa shape index (κ3) is 3.30.